The van der Waals surface area contributed by atoms with Gasteiger partial charge in [-0.15, -0.1) is 0 Å². The molecular formula is C25H23N5O2. The van der Waals surface area contributed by atoms with Crippen LogP contribution in [0.2, 0.25) is 0 Å². The molecule has 2 aromatic heterocycles. The molecule has 1 aliphatic carbocycles. The second-order valence-electron chi connectivity index (χ2n) is 8.07. The van der Waals surface area contributed by atoms with Gasteiger partial charge in [-0.2, -0.15) is 0 Å². The van der Waals surface area contributed by atoms with Crippen molar-refractivity contribution in [3.05, 3.63) is 66.5 Å². The zero-order valence-corrected chi connectivity index (χ0v) is 17.7. The Hall–Kier alpha value is -4.00. The first-order chi connectivity index (χ1) is 15.6. The second-order valence-corrected chi connectivity index (χ2v) is 8.07. The highest BCUT2D eigenvalue weighted by Gasteiger charge is 2.24. The highest BCUT2D eigenvalue weighted by Crippen LogP contribution is 2.39. The van der Waals surface area contributed by atoms with E-state index in [1.54, 1.807) is 18.5 Å². The van der Waals surface area contributed by atoms with Crippen molar-refractivity contribution in [1.29, 1.82) is 0 Å². The van der Waals surface area contributed by atoms with Crippen molar-refractivity contribution in [2.45, 2.75) is 26.2 Å². The average molecular weight is 425 g/mol. The van der Waals surface area contributed by atoms with Crippen molar-refractivity contribution in [2.75, 3.05) is 11.1 Å². The van der Waals surface area contributed by atoms with Gasteiger partial charge in [0.1, 0.15) is 5.75 Å². The Morgan fingerprint density at radius 1 is 1.06 bits per heavy atom. The van der Waals surface area contributed by atoms with E-state index in [9.17, 15) is 4.79 Å². The van der Waals surface area contributed by atoms with Crippen LogP contribution in [0.3, 0.4) is 0 Å². The van der Waals surface area contributed by atoms with E-state index in [2.05, 4.69) is 20.3 Å². The lowest BCUT2D eigenvalue weighted by atomic mass is 10.0. The molecule has 2 heterocycles. The summed E-state index contributed by atoms with van der Waals surface area (Å²) in [5, 5.41) is 4.88. The van der Waals surface area contributed by atoms with Crippen molar-refractivity contribution >= 4 is 28.3 Å². The maximum Gasteiger partial charge on any atom is 0.228 e. The third-order valence-corrected chi connectivity index (χ3v) is 5.57. The summed E-state index contributed by atoms with van der Waals surface area (Å²) in [6.07, 6.45) is 6.14. The number of hydrogen-bond donors (Lipinski definition) is 2. The summed E-state index contributed by atoms with van der Waals surface area (Å²) in [4.78, 5) is 25.1. The van der Waals surface area contributed by atoms with Gasteiger partial charge in [0.2, 0.25) is 17.7 Å². The minimum absolute atomic E-state index is 0.0522. The average Bonchev–Trinajstić information content (AvgIpc) is 3.60. The molecule has 1 aliphatic rings. The number of nitrogens with one attached hydrogen (secondary N) is 1. The number of fused-ring (bicyclic) bond motifs is 1. The lowest BCUT2D eigenvalue weighted by Crippen LogP contribution is -2.12. The molecule has 0 spiro atoms. The molecule has 160 valence electrons. The molecule has 0 aliphatic heterocycles. The summed E-state index contributed by atoms with van der Waals surface area (Å²) in [6.45, 7) is 1.98. The van der Waals surface area contributed by atoms with Gasteiger partial charge in [-0.05, 0) is 55.5 Å². The number of pyridine rings is 1. The molecule has 1 amide bonds. The first-order valence-electron chi connectivity index (χ1n) is 10.6. The highest BCUT2D eigenvalue weighted by atomic mass is 16.5. The summed E-state index contributed by atoms with van der Waals surface area (Å²) >= 11 is 0. The molecular weight excluding hydrogens is 402 g/mol. The fourth-order valence-corrected chi connectivity index (χ4v) is 3.76. The SMILES string of the molecule is Cc1ccc2c(NC(=O)CC3CC3)cccc2c1Oc1ncccc1-c1ccnc(N)n1. The number of hydrogen-bond acceptors (Lipinski definition) is 6. The number of nitrogen functional groups attached to an aromatic ring is 1. The minimum atomic E-state index is 0.0522. The lowest BCUT2D eigenvalue weighted by molar-refractivity contribution is -0.116. The van der Waals surface area contributed by atoms with Gasteiger partial charge >= 0.3 is 0 Å². The van der Waals surface area contributed by atoms with Crippen LogP contribution in [0, 0.1) is 12.8 Å². The number of ether oxygens (including phenoxy) is 1. The molecule has 7 nitrogen and oxygen atoms in total. The number of amides is 1. The Morgan fingerprint density at radius 3 is 2.75 bits per heavy atom. The molecule has 7 heteroatoms. The zero-order chi connectivity index (χ0) is 22.1. The number of nitrogens with two attached hydrogens (primary N) is 1. The van der Waals surface area contributed by atoms with Gasteiger partial charge in [0.15, 0.2) is 0 Å². The summed E-state index contributed by atoms with van der Waals surface area (Å²) in [6, 6.07) is 15.3. The Morgan fingerprint density at radius 2 is 1.94 bits per heavy atom. The number of anilines is 2. The monoisotopic (exact) mass is 425 g/mol. The Balaban J connectivity index is 1.53. The second kappa shape index (κ2) is 8.26. The van der Waals surface area contributed by atoms with Crippen LogP contribution in [-0.2, 0) is 4.79 Å². The number of carbonyl (C=O) groups is 1. The largest absolute Gasteiger partial charge is 0.437 e. The van der Waals surface area contributed by atoms with E-state index in [1.165, 1.54) is 0 Å². The third kappa shape index (κ3) is 4.09. The highest BCUT2D eigenvalue weighted by molar-refractivity contribution is 6.04. The fraction of sp³-hybridized carbons (Fsp3) is 0.200. The van der Waals surface area contributed by atoms with Gasteiger partial charge in [0.05, 0.1) is 11.3 Å². The lowest BCUT2D eigenvalue weighted by Gasteiger charge is -2.16. The first-order valence-corrected chi connectivity index (χ1v) is 10.6. The Kier molecular flexibility index (Phi) is 5.15. The molecule has 0 atom stereocenters. The predicted octanol–water partition coefficient (Wildman–Crippen LogP) is 5.11. The molecule has 0 bridgehead atoms. The van der Waals surface area contributed by atoms with Crippen LogP contribution < -0.4 is 15.8 Å². The van der Waals surface area contributed by atoms with Gasteiger partial charge in [-0.25, -0.2) is 15.0 Å². The van der Waals surface area contributed by atoms with E-state index >= 15 is 0 Å². The molecule has 0 radical (unpaired) electrons. The van der Waals surface area contributed by atoms with Gasteiger partial charge in [0, 0.05) is 35.3 Å². The molecule has 0 unspecified atom stereocenters. The van der Waals surface area contributed by atoms with E-state index in [0.717, 1.165) is 34.9 Å². The van der Waals surface area contributed by atoms with E-state index in [-0.39, 0.29) is 11.9 Å². The smallest absolute Gasteiger partial charge is 0.228 e. The van der Waals surface area contributed by atoms with Crippen molar-refractivity contribution in [1.82, 2.24) is 15.0 Å². The maximum atomic E-state index is 12.4. The standard InChI is InChI=1S/C25H23N5O2/c1-15-7-10-17-18(4-2-6-20(17)29-22(31)14-16-8-9-16)23(15)32-24-19(5-3-12-27-24)21-11-13-28-25(26)30-21/h2-7,10-13,16H,8-9,14H2,1H3,(H,29,31)(H2,26,28,30). The van der Waals surface area contributed by atoms with Crippen LogP contribution in [0.1, 0.15) is 24.8 Å². The van der Waals surface area contributed by atoms with Gasteiger partial charge < -0.3 is 15.8 Å². The van der Waals surface area contributed by atoms with E-state index in [1.807, 2.05) is 49.4 Å². The van der Waals surface area contributed by atoms with Gasteiger partial charge in [-0.1, -0.05) is 24.3 Å². The van der Waals surface area contributed by atoms with E-state index < -0.39 is 0 Å². The molecule has 1 fully saturated rings. The molecule has 5 rings (SSSR count). The number of nitrogens with zero attached hydrogens (tertiary/aromatic N) is 3. The topological polar surface area (TPSA) is 103 Å². The fourth-order valence-electron chi connectivity index (χ4n) is 3.76. The molecule has 1 saturated carbocycles. The Labute approximate surface area is 185 Å². The summed E-state index contributed by atoms with van der Waals surface area (Å²) in [5.41, 5.74) is 8.85. The quantitative estimate of drug-likeness (QED) is 0.445. The normalized spacial score (nSPS) is 13.2. The molecule has 4 aromatic rings. The van der Waals surface area contributed by atoms with Crippen molar-refractivity contribution < 1.29 is 9.53 Å². The summed E-state index contributed by atoms with van der Waals surface area (Å²) < 4.78 is 6.36. The number of carbonyl (C=O) groups excluding carboxylic acids is 1. The van der Waals surface area contributed by atoms with Gasteiger partial charge in [-0.3, -0.25) is 4.79 Å². The molecule has 32 heavy (non-hydrogen) atoms. The third-order valence-electron chi connectivity index (χ3n) is 5.57. The number of benzene rings is 2. The van der Waals surface area contributed by atoms with Crippen LogP contribution in [0.15, 0.2) is 60.9 Å². The van der Waals surface area contributed by atoms with Crippen LogP contribution in [-0.4, -0.2) is 20.9 Å². The number of aromatic nitrogens is 3. The predicted molar refractivity (Wildman–Crippen MR) is 124 cm³/mol. The van der Waals surface area contributed by atoms with Gasteiger partial charge in [0.25, 0.3) is 0 Å². The molecule has 2 aromatic carbocycles. The molecule has 0 saturated heterocycles. The van der Waals surface area contributed by atoms with Crippen LogP contribution in [0.5, 0.6) is 11.6 Å². The van der Waals surface area contributed by atoms with E-state index in [0.29, 0.717) is 35.2 Å². The summed E-state index contributed by atoms with van der Waals surface area (Å²) in [5.74, 6) is 1.87. The van der Waals surface area contributed by atoms with Crippen LogP contribution in [0.25, 0.3) is 22.0 Å². The molecule has 3 N–H and O–H groups in total. The maximum absolute atomic E-state index is 12.4. The zero-order valence-electron chi connectivity index (χ0n) is 17.7. The van der Waals surface area contributed by atoms with E-state index in [4.69, 9.17) is 10.5 Å². The minimum Gasteiger partial charge on any atom is -0.437 e. The number of aryl methyl sites for hydroxylation is 1. The number of rotatable bonds is 6. The first kappa shape index (κ1) is 19.9. The van der Waals surface area contributed by atoms with Crippen molar-refractivity contribution in [3.8, 4) is 22.9 Å². The van der Waals surface area contributed by atoms with Crippen LogP contribution in [0.4, 0.5) is 11.6 Å². The van der Waals surface area contributed by atoms with Crippen LogP contribution >= 0.6 is 0 Å². The Bertz CT molecular complexity index is 1320. The van der Waals surface area contributed by atoms with Crippen molar-refractivity contribution in [3.63, 3.8) is 0 Å². The van der Waals surface area contributed by atoms with Crippen molar-refractivity contribution in [2.24, 2.45) is 5.92 Å². The summed E-state index contributed by atoms with van der Waals surface area (Å²) in [7, 11) is 0.